The molecule has 1 amide bonds. The van der Waals surface area contributed by atoms with Gasteiger partial charge in [-0.1, -0.05) is 12.1 Å². The molecule has 1 aliphatic rings. The lowest BCUT2D eigenvalue weighted by Gasteiger charge is -2.24. The number of aromatic nitrogens is 3. The zero-order valence-electron chi connectivity index (χ0n) is 16.1. The molecule has 146 valence electrons. The first-order valence-electron chi connectivity index (χ1n) is 9.36. The summed E-state index contributed by atoms with van der Waals surface area (Å²) in [7, 11) is 3.25. The van der Waals surface area contributed by atoms with Gasteiger partial charge in [0.1, 0.15) is 11.5 Å². The minimum Gasteiger partial charge on any atom is -0.497 e. The largest absolute Gasteiger partial charge is 0.497 e. The third-order valence-corrected chi connectivity index (χ3v) is 5.48. The molecule has 0 spiro atoms. The molecule has 3 heterocycles. The quantitative estimate of drug-likeness (QED) is 0.492. The molecule has 1 aliphatic heterocycles. The normalized spacial score (nSPS) is 15.8. The van der Waals surface area contributed by atoms with Gasteiger partial charge in [-0.25, -0.2) is 0 Å². The van der Waals surface area contributed by atoms with E-state index in [1.54, 1.807) is 14.2 Å². The second-order valence-corrected chi connectivity index (χ2v) is 7.02. The second-order valence-electron chi connectivity index (χ2n) is 7.02. The highest BCUT2D eigenvalue weighted by Crippen LogP contribution is 2.45. The van der Waals surface area contributed by atoms with Crippen LogP contribution in [-0.2, 0) is 4.79 Å². The van der Waals surface area contributed by atoms with Crippen molar-refractivity contribution in [1.29, 1.82) is 0 Å². The summed E-state index contributed by atoms with van der Waals surface area (Å²) in [5.41, 5.74) is 4.79. The Morgan fingerprint density at radius 2 is 2.00 bits per heavy atom. The number of carbonyl (C=O) groups excluding carboxylic acids is 1. The molecular weight excluding hydrogens is 368 g/mol. The molecule has 0 aliphatic carbocycles. The number of nitrogens with zero attached hydrogens (tertiary/aromatic N) is 1. The van der Waals surface area contributed by atoms with Crippen LogP contribution < -0.4 is 14.8 Å². The number of ether oxygens (including phenoxy) is 2. The number of anilines is 1. The third-order valence-electron chi connectivity index (χ3n) is 5.48. The molecule has 29 heavy (non-hydrogen) atoms. The number of nitrogens with one attached hydrogen (secondary N) is 3. The van der Waals surface area contributed by atoms with E-state index in [4.69, 9.17) is 9.47 Å². The zero-order valence-corrected chi connectivity index (χ0v) is 16.1. The minimum absolute atomic E-state index is 0.0465. The number of hydrogen-bond acceptors (Lipinski definition) is 4. The van der Waals surface area contributed by atoms with E-state index < -0.39 is 0 Å². The van der Waals surface area contributed by atoms with E-state index in [-0.39, 0.29) is 11.8 Å². The molecule has 1 unspecified atom stereocenters. The van der Waals surface area contributed by atoms with Gasteiger partial charge in [-0.2, -0.15) is 5.10 Å². The van der Waals surface area contributed by atoms with Crippen LogP contribution in [0.3, 0.4) is 0 Å². The number of fused-ring (bicyclic) bond motifs is 2. The number of aromatic amines is 2. The summed E-state index contributed by atoms with van der Waals surface area (Å²) in [4.78, 5) is 15.7. The van der Waals surface area contributed by atoms with Crippen molar-refractivity contribution in [3.63, 3.8) is 0 Å². The van der Waals surface area contributed by atoms with Crippen molar-refractivity contribution in [2.75, 3.05) is 19.5 Å². The van der Waals surface area contributed by atoms with Crippen LogP contribution >= 0.6 is 0 Å². The summed E-state index contributed by atoms with van der Waals surface area (Å²) in [5.74, 6) is 1.77. The van der Waals surface area contributed by atoms with Gasteiger partial charge in [0.2, 0.25) is 5.91 Å². The van der Waals surface area contributed by atoms with Crippen molar-refractivity contribution >= 4 is 22.6 Å². The standard InChI is InChI=1S/C22H20N4O3/c1-28-12-6-7-15(18(10-12)29-2)21-20-16(11-19(27)24-22(20)26-25-21)13-4-3-5-17-14(13)8-9-23-17/h3-10,16,23H,11H2,1-2H3,(H2,24,25,26,27). The lowest BCUT2D eigenvalue weighted by Crippen LogP contribution is -2.23. The molecule has 3 N–H and O–H groups in total. The van der Waals surface area contributed by atoms with Crippen molar-refractivity contribution in [2.24, 2.45) is 0 Å². The first-order chi connectivity index (χ1) is 14.2. The van der Waals surface area contributed by atoms with Crippen molar-refractivity contribution < 1.29 is 14.3 Å². The average molecular weight is 388 g/mol. The maximum absolute atomic E-state index is 12.4. The van der Waals surface area contributed by atoms with E-state index in [1.807, 2.05) is 42.6 Å². The van der Waals surface area contributed by atoms with Gasteiger partial charge in [0.25, 0.3) is 0 Å². The van der Waals surface area contributed by atoms with Gasteiger partial charge in [-0.05, 0) is 29.8 Å². The SMILES string of the molecule is COc1ccc(-c2[nH]nc3c2C(c2cccc4[nH]ccc24)CC(=O)N3)c(OC)c1. The minimum atomic E-state index is -0.126. The summed E-state index contributed by atoms with van der Waals surface area (Å²) in [6.45, 7) is 0. The fourth-order valence-electron chi connectivity index (χ4n) is 4.15. The summed E-state index contributed by atoms with van der Waals surface area (Å²) in [6, 6.07) is 13.8. The molecule has 0 bridgehead atoms. The van der Waals surface area contributed by atoms with Crippen LogP contribution in [0.1, 0.15) is 23.5 Å². The van der Waals surface area contributed by atoms with Gasteiger partial charge in [-0.3, -0.25) is 9.89 Å². The Morgan fingerprint density at radius 3 is 2.83 bits per heavy atom. The molecule has 5 rings (SSSR count). The maximum atomic E-state index is 12.4. The second kappa shape index (κ2) is 6.70. The summed E-state index contributed by atoms with van der Waals surface area (Å²) in [6.07, 6.45) is 2.27. The molecule has 7 nitrogen and oxygen atoms in total. The number of methoxy groups -OCH3 is 2. The Hall–Kier alpha value is -3.74. The van der Waals surface area contributed by atoms with Crippen LogP contribution in [0, 0.1) is 0 Å². The van der Waals surface area contributed by atoms with Gasteiger partial charge >= 0.3 is 0 Å². The topological polar surface area (TPSA) is 92.0 Å². The van der Waals surface area contributed by atoms with Crippen molar-refractivity contribution in [3.8, 4) is 22.8 Å². The average Bonchev–Trinajstić information content (AvgIpc) is 3.39. The Kier molecular flexibility index (Phi) is 4.01. The monoisotopic (exact) mass is 388 g/mol. The fraction of sp³-hybridized carbons (Fsp3) is 0.182. The third kappa shape index (κ3) is 2.74. The Labute approximate surface area is 167 Å². The first kappa shape index (κ1) is 17.4. The predicted octanol–water partition coefficient (Wildman–Crippen LogP) is 4.05. The van der Waals surface area contributed by atoms with E-state index in [0.29, 0.717) is 23.7 Å². The summed E-state index contributed by atoms with van der Waals surface area (Å²) >= 11 is 0. The van der Waals surface area contributed by atoms with E-state index in [0.717, 1.165) is 33.3 Å². The maximum Gasteiger partial charge on any atom is 0.226 e. The molecule has 0 saturated carbocycles. The molecule has 2 aromatic carbocycles. The van der Waals surface area contributed by atoms with E-state index in [9.17, 15) is 4.79 Å². The predicted molar refractivity (Wildman–Crippen MR) is 111 cm³/mol. The van der Waals surface area contributed by atoms with Gasteiger partial charge in [0.05, 0.1) is 19.9 Å². The highest BCUT2D eigenvalue weighted by molar-refractivity contribution is 5.97. The van der Waals surface area contributed by atoms with Crippen LogP contribution in [0.2, 0.25) is 0 Å². The van der Waals surface area contributed by atoms with Gasteiger partial charge in [0.15, 0.2) is 5.82 Å². The summed E-state index contributed by atoms with van der Waals surface area (Å²) < 4.78 is 10.9. The lowest BCUT2D eigenvalue weighted by atomic mass is 9.83. The van der Waals surface area contributed by atoms with Crippen LogP contribution in [-0.4, -0.2) is 35.3 Å². The number of carbonyl (C=O) groups is 1. The number of rotatable bonds is 4. The molecule has 1 atom stereocenters. The highest BCUT2D eigenvalue weighted by atomic mass is 16.5. The van der Waals surface area contributed by atoms with Crippen molar-refractivity contribution in [1.82, 2.24) is 15.2 Å². The van der Waals surface area contributed by atoms with Gasteiger partial charge in [0, 0.05) is 46.6 Å². The first-order valence-corrected chi connectivity index (χ1v) is 9.36. The summed E-state index contributed by atoms with van der Waals surface area (Å²) in [5, 5.41) is 11.5. The van der Waals surface area contributed by atoms with E-state index >= 15 is 0 Å². The molecule has 7 heteroatoms. The fourth-order valence-corrected chi connectivity index (χ4v) is 4.15. The molecular formula is C22H20N4O3. The van der Waals surface area contributed by atoms with Crippen LogP contribution in [0.5, 0.6) is 11.5 Å². The Bertz CT molecular complexity index is 1220. The number of benzene rings is 2. The molecule has 0 saturated heterocycles. The van der Waals surface area contributed by atoms with E-state index in [1.165, 1.54) is 0 Å². The number of amides is 1. The highest BCUT2D eigenvalue weighted by Gasteiger charge is 2.33. The zero-order chi connectivity index (χ0) is 20.0. The van der Waals surface area contributed by atoms with Gasteiger partial charge in [-0.15, -0.1) is 0 Å². The molecule has 2 aromatic heterocycles. The van der Waals surface area contributed by atoms with Gasteiger partial charge < -0.3 is 19.8 Å². The Morgan fingerprint density at radius 1 is 1.10 bits per heavy atom. The number of hydrogen-bond donors (Lipinski definition) is 3. The molecule has 0 radical (unpaired) electrons. The van der Waals surface area contributed by atoms with E-state index in [2.05, 4.69) is 26.6 Å². The van der Waals surface area contributed by atoms with Crippen LogP contribution in [0.15, 0.2) is 48.7 Å². The molecule has 4 aromatic rings. The van der Waals surface area contributed by atoms with Crippen LogP contribution in [0.4, 0.5) is 5.82 Å². The number of H-pyrrole nitrogens is 2. The van der Waals surface area contributed by atoms with Crippen molar-refractivity contribution in [2.45, 2.75) is 12.3 Å². The Balaban J connectivity index is 1.72. The van der Waals surface area contributed by atoms with Crippen LogP contribution in [0.25, 0.3) is 22.2 Å². The lowest BCUT2D eigenvalue weighted by molar-refractivity contribution is -0.116. The smallest absolute Gasteiger partial charge is 0.226 e. The van der Waals surface area contributed by atoms with Crippen molar-refractivity contribution in [3.05, 3.63) is 59.8 Å². The molecule has 0 fully saturated rings.